The number of carbonyl (C=O) groups excluding carboxylic acids is 1. The molecule has 0 aliphatic heterocycles. The van der Waals surface area contributed by atoms with E-state index in [0.717, 1.165) is 11.3 Å². The van der Waals surface area contributed by atoms with Crippen LogP contribution in [0.3, 0.4) is 0 Å². The third-order valence-corrected chi connectivity index (χ3v) is 3.32. The molecule has 0 amide bonds. The fraction of sp³-hybridized carbons (Fsp3) is 0.250. The highest BCUT2D eigenvalue weighted by Gasteiger charge is 2.19. The minimum atomic E-state index is -0.457. The zero-order valence-electron chi connectivity index (χ0n) is 12.7. The van der Waals surface area contributed by atoms with Crippen LogP contribution in [0.25, 0.3) is 0 Å². The number of ether oxygens (including phenoxy) is 1. The Hall–Kier alpha value is -2.56. The van der Waals surface area contributed by atoms with Gasteiger partial charge in [0.15, 0.2) is 0 Å². The number of nitrogens with two attached hydrogens (primary N) is 1. The molecule has 0 saturated carbocycles. The highest BCUT2D eigenvalue weighted by molar-refractivity contribution is 5.96. The Morgan fingerprint density at radius 2 is 2.00 bits per heavy atom. The van der Waals surface area contributed by atoms with Crippen molar-refractivity contribution in [2.24, 2.45) is 0 Å². The number of aromatic nitrogens is 1. The summed E-state index contributed by atoms with van der Waals surface area (Å²) in [6.07, 6.45) is 1.53. The summed E-state index contributed by atoms with van der Waals surface area (Å²) in [4.78, 5) is 18.1. The number of hydrogen-bond donors (Lipinski definition) is 1. The predicted molar refractivity (Wildman–Crippen MR) is 84.0 cm³/mol. The van der Waals surface area contributed by atoms with Gasteiger partial charge >= 0.3 is 5.97 Å². The topological polar surface area (TPSA) is 68.5 Å². The Morgan fingerprint density at radius 3 is 2.62 bits per heavy atom. The van der Waals surface area contributed by atoms with Crippen molar-refractivity contribution in [3.63, 3.8) is 0 Å². The van der Waals surface area contributed by atoms with Crippen LogP contribution in [0.1, 0.15) is 21.5 Å². The maximum atomic E-state index is 11.9. The van der Waals surface area contributed by atoms with E-state index in [9.17, 15) is 4.79 Å². The summed E-state index contributed by atoms with van der Waals surface area (Å²) in [7, 11) is 3.20. The van der Waals surface area contributed by atoms with Crippen LogP contribution < -0.4 is 10.6 Å². The number of rotatable bonds is 3. The quantitative estimate of drug-likeness (QED) is 0.878. The summed E-state index contributed by atoms with van der Waals surface area (Å²) >= 11 is 0. The molecule has 2 rings (SSSR count). The molecule has 1 aromatic heterocycles. The van der Waals surface area contributed by atoms with E-state index in [0.29, 0.717) is 17.1 Å². The molecule has 1 aromatic carbocycles. The number of pyridine rings is 1. The van der Waals surface area contributed by atoms with Gasteiger partial charge in [-0.15, -0.1) is 0 Å². The second-order valence-corrected chi connectivity index (χ2v) is 4.98. The minimum absolute atomic E-state index is 0.347. The average molecular weight is 285 g/mol. The van der Waals surface area contributed by atoms with Crippen LogP contribution in [0.2, 0.25) is 0 Å². The summed E-state index contributed by atoms with van der Waals surface area (Å²) in [6.45, 7) is 4.06. The predicted octanol–water partition coefficient (Wildman–Crippen LogP) is 2.84. The van der Waals surface area contributed by atoms with Gasteiger partial charge in [0.1, 0.15) is 11.4 Å². The lowest BCUT2D eigenvalue weighted by atomic mass is 10.1. The zero-order chi connectivity index (χ0) is 15.6. The van der Waals surface area contributed by atoms with Gasteiger partial charge in [-0.1, -0.05) is 17.7 Å². The van der Waals surface area contributed by atoms with Crippen LogP contribution in [0.15, 0.2) is 30.5 Å². The van der Waals surface area contributed by atoms with Crippen molar-refractivity contribution in [3.05, 3.63) is 47.2 Å². The van der Waals surface area contributed by atoms with Gasteiger partial charge in [-0.05, 0) is 31.5 Å². The molecule has 1 heterocycles. The van der Waals surface area contributed by atoms with Crippen LogP contribution in [-0.2, 0) is 4.74 Å². The molecule has 2 aromatic rings. The molecule has 0 aliphatic rings. The average Bonchev–Trinajstić information content (AvgIpc) is 2.45. The molecule has 21 heavy (non-hydrogen) atoms. The van der Waals surface area contributed by atoms with Crippen molar-refractivity contribution in [3.8, 4) is 0 Å². The highest BCUT2D eigenvalue weighted by Crippen LogP contribution is 2.29. The number of carbonyl (C=O) groups is 1. The van der Waals surface area contributed by atoms with E-state index in [1.807, 2.05) is 37.9 Å². The van der Waals surface area contributed by atoms with Gasteiger partial charge in [-0.25, -0.2) is 9.78 Å². The third-order valence-electron chi connectivity index (χ3n) is 3.32. The van der Waals surface area contributed by atoms with Crippen molar-refractivity contribution in [1.82, 2.24) is 4.98 Å². The maximum Gasteiger partial charge on any atom is 0.341 e. The van der Waals surface area contributed by atoms with Gasteiger partial charge in [-0.2, -0.15) is 0 Å². The molecular formula is C16H19N3O2. The Morgan fingerprint density at radius 1 is 1.29 bits per heavy atom. The van der Waals surface area contributed by atoms with Crippen LogP contribution in [-0.4, -0.2) is 25.1 Å². The van der Waals surface area contributed by atoms with Gasteiger partial charge in [0.2, 0.25) is 0 Å². The Kier molecular flexibility index (Phi) is 4.12. The molecular weight excluding hydrogens is 266 g/mol. The van der Waals surface area contributed by atoms with Crippen LogP contribution >= 0.6 is 0 Å². The second kappa shape index (κ2) is 5.83. The monoisotopic (exact) mass is 285 g/mol. The molecule has 0 aliphatic carbocycles. The smallest absolute Gasteiger partial charge is 0.341 e. The molecule has 0 radical (unpaired) electrons. The fourth-order valence-corrected chi connectivity index (χ4v) is 2.30. The van der Waals surface area contributed by atoms with Gasteiger partial charge < -0.3 is 15.4 Å². The number of hydrogen-bond acceptors (Lipinski definition) is 5. The Bertz CT molecular complexity index is 683. The van der Waals surface area contributed by atoms with Crippen molar-refractivity contribution in [2.45, 2.75) is 13.8 Å². The molecule has 0 bridgehead atoms. The van der Waals surface area contributed by atoms with E-state index < -0.39 is 5.97 Å². The number of benzene rings is 1. The molecule has 0 unspecified atom stereocenters. The van der Waals surface area contributed by atoms with E-state index >= 15 is 0 Å². The lowest BCUT2D eigenvalue weighted by Crippen LogP contribution is -2.18. The van der Waals surface area contributed by atoms with Gasteiger partial charge in [0, 0.05) is 12.7 Å². The molecule has 5 nitrogen and oxygen atoms in total. The summed E-state index contributed by atoms with van der Waals surface area (Å²) in [5.41, 5.74) is 9.75. The standard InChI is InChI=1S/C16H19N3O2/c1-10-5-6-14(11(2)7-10)19(3)15-13(16(20)21-4)8-12(17)9-18-15/h5-9H,17H2,1-4H3. The van der Waals surface area contributed by atoms with Crippen molar-refractivity contribution < 1.29 is 9.53 Å². The summed E-state index contributed by atoms with van der Waals surface area (Å²) in [6, 6.07) is 7.69. The first-order chi connectivity index (χ1) is 9.93. The van der Waals surface area contributed by atoms with Crippen LogP contribution in [0.4, 0.5) is 17.2 Å². The second-order valence-electron chi connectivity index (χ2n) is 4.98. The number of methoxy groups -OCH3 is 1. The van der Waals surface area contributed by atoms with Gasteiger partial charge in [0.05, 0.1) is 19.0 Å². The SMILES string of the molecule is COC(=O)c1cc(N)cnc1N(C)c1ccc(C)cc1C. The van der Waals surface area contributed by atoms with E-state index in [-0.39, 0.29) is 0 Å². The van der Waals surface area contributed by atoms with Crippen molar-refractivity contribution >= 4 is 23.2 Å². The molecule has 0 atom stereocenters. The molecule has 0 spiro atoms. The van der Waals surface area contributed by atoms with E-state index in [2.05, 4.69) is 11.1 Å². The first kappa shape index (κ1) is 14.8. The van der Waals surface area contributed by atoms with Gasteiger partial charge in [0.25, 0.3) is 0 Å². The molecule has 110 valence electrons. The van der Waals surface area contributed by atoms with E-state index in [4.69, 9.17) is 10.5 Å². The normalized spacial score (nSPS) is 10.3. The van der Waals surface area contributed by atoms with Crippen LogP contribution in [0, 0.1) is 13.8 Å². The minimum Gasteiger partial charge on any atom is -0.465 e. The van der Waals surface area contributed by atoms with E-state index in [1.165, 1.54) is 18.9 Å². The number of esters is 1. The van der Waals surface area contributed by atoms with E-state index in [1.54, 1.807) is 6.07 Å². The first-order valence-electron chi connectivity index (χ1n) is 6.59. The van der Waals surface area contributed by atoms with Gasteiger partial charge in [-0.3, -0.25) is 0 Å². The summed E-state index contributed by atoms with van der Waals surface area (Å²) in [5.74, 6) is 0.0596. The Labute approximate surface area is 124 Å². The Balaban J connectivity index is 2.52. The molecule has 5 heteroatoms. The van der Waals surface area contributed by atoms with Crippen LogP contribution in [0.5, 0.6) is 0 Å². The summed E-state index contributed by atoms with van der Waals surface area (Å²) in [5, 5.41) is 0. The number of nitrogen functional groups attached to an aromatic ring is 1. The molecule has 0 fully saturated rings. The number of aryl methyl sites for hydroxylation is 2. The number of anilines is 3. The first-order valence-corrected chi connectivity index (χ1v) is 6.59. The molecule has 2 N–H and O–H groups in total. The van der Waals surface area contributed by atoms with Crippen molar-refractivity contribution in [1.29, 1.82) is 0 Å². The highest BCUT2D eigenvalue weighted by atomic mass is 16.5. The number of nitrogens with zero attached hydrogens (tertiary/aromatic N) is 2. The third kappa shape index (κ3) is 2.97. The largest absolute Gasteiger partial charge is 0.465 e. The summed E-state index contributed by atoms with van der Waals surface area (Å²) < 4.78 is 4.81. The maximum absolute atomic E-state index is 11.9. The lowest BCUT2D eigenvalue weighted by molar-refractivity contribution is 0.0601. The molecule has 0 saturated heterocycles. The fourth-order valence-electron chi connectivity index (χ4n) is 2.30. The van der Waals surface area contributed by atoms with Crippen molar-refractivity contribution in [2.75, 3.05) is 24.8 Å². The lowest BCUT2D eigenvalue weighted by Gasteiger charge is -2.22. The zero-order valence-corrected chi connectivity index (χ0v) is 12.7.